The minimum absolute atomic E-state index is 0. The van der Waals surface area contributed by atoms with Gasteiger partial charge < -0.3 is 10.2 Å². The molecular weight excluding hydrogens is 317 g/mol. The quantitative estimate of drug-likeness (QED) is 0.825. The van der Waals surface area contributed by atoms with Gasteiger partial charge >= 0.3 is 6.03 Å². The number of pyridine rings is 1. The molecule has 0 radical (unpaired) electrons. The molecule has 0 saturated carbocycles. The number of likely N-dealkylation sites (tertiary alicyclic amines) is 1. The SMILES string of the molecule is Cc1ccc(NC(=O)N2CCC(C)C[C@H]2C)cc1-c1cncc(F)c1.[HH]. The number of amides is 2. The average Bonchev–Trinajstić information content (AvgIpc) is 2.56. The number of nitrogens with zero attached hydrogens (tertiary/aromatic N) is 2. The van der Waals surface area contributed by atoms with E-state index in [1.165, 1.54) is 12.3 Å². The summed E-state index contributed by atoms with van der Waals surface area (Å²) in [6.07, 6.45) is 4.88. The van der Waals surface area contributed by atoms with Gasteiger partial charge in [-0.15, -0.1) is 0 Å². The molecule has 2 aromatic rings. The van der Waals surface area contributed by atoms with E-state index in [9.17, 15) is 9.18 Å². The molecule has 1 N–H and O–H groups in total. The molecule has 1 unspecified atom stereocenters. The first-order chi connectivity index (χ1) is 11.9. The van der Waals surface area contributed by atoms with Gasteiger partial charge in [0.2, 0.25) is 0 Å². The molecule has 1 saturated heterocycles. The molecule has 1 aromatic heterocycles. The van der Waals surface area contributed by atoms with Gasteiger partial charge in [0.25, 0.3) is 0 Å². The van der Waals surface area contributed by atoms with Crippen LogP contribution < -0.4 is 5.32 Å². The van der Waals surface area contributed by atoms with E-state index in [1.807, 2.05) is 30.0 Å². The van der Waals surface area contributed by atoms with Crippen LogP contribution in [0.25, 0.3) is 11.1 Å². The number of halogens is 1. The Bertz CT molecular complexity index is 783. The summed E-state index contributed by atoms with van der Waals surface area (Å²) in [7, 11) is 0. The van der Waals surface area contributed by atoms with Crippen LogP contribution in [0.15, 0.2) is 36.7 Å². The van der Waals surface area contributed by atoms with Crippen molar-refractivity contribution in [3.8, 4) is 11.1 Å². The van der Waals surface area contributed by atoms with Crippen LogP contribution in [0.1, 0.15) is 33.7 Å². The van der Waals surface area contributed by atoms with E-state index in [0.717, 1.165) is 30.5 Å². The van der Waals surface area contributed by atoms with E-state index in [-0.39, 0.29) is 19.3 Å². The fraction of sp³-hybridized carbons (Fsp3) is 0.400. The number of hydrogen-bond acceptors (Lipinski definition) is 2. The van der Waals surface area contributed by atoms with Crippen molar-refractivity contribution in [3.05, 3.63) is 48.0 Å². The van der Waals surface area contributed by atoms with E-state index < -0.39 is 0 Å². The number of aryl methyl sites for hydroxylation is 1. The normalized spacial score (nSPS) is 20.4. The van der Waals surface area contributed by atoms with Crippen LogP contribution in [0.3, 0.4) is 0 Å². The fourth-order valence-electron chi connectivity index (χ4n) is 3.47. The van der Waals surface area contributed by atoms with Crippen molar-refractivity contribution in [1.82, 2.24) is 9.88 Å². The van der Waals surface area contributed by atoms with E-state index >= 15 is 0 Å². The summed E-state index contributed by atoms with van der Waals surface area (Å²) in [6, 6.07) is 7.29. The van der Waals surface area contributed by atoms with Crippen molar-refractivity contribution in [2.45, 2.75) is 39.7 Å². The molecule has 3 rings (SSSR count). The van der Waals surface area contributed by atoms with Crippen molar-refractivity contribution in [1.29, 1.82) is 0 Å². The third kappa shape index (κ3) is 3.98. The molecule has 25 heavy (non-hydrogen) atoms. The molecule has 1 fully saturated rings. The lowest BCUT2D eigenvalue weighted by Gasteiger charge is -2.36. The summed E-state index contributed by atoms with van der Waals surface area (Å²) in [5, 5.41) is 2.98. The number of carbonyl (C=O) groups excluding carboxylic acids is 1. The zero-order valence-electron chi connectivity index (χ0n) is 14.9. The predicted octanol–water partition coefficient (Wildman–Crippen LogP) is 5.09. The smallest absolute Gasteiger partial charge is 0.322 e. The zero-order valence-corrected chi connectivity index (χ0v) is 14.9. The topological polar surface area (TPSA) is 45.2 Å². The molecule has 0 bridgehead atoms. The van der Waals surface area contributed by atoms with Gasteiger partial charge in [0.05, 0.1) is 6.20 Å². The van der Waals surface area contributed by atoms with Crippen LogP contribution in [0.4, 0.5) is 14.9 Å². The molecule has 134 valence electrons. The third-order valence-corrected chi connectivity index (χ3v) is 4.90. The molecule has 1 aliphatic heterocycles. The summed E-state index contributed by atoms with van der Waals surface area (Å²) in [4.78, 5) is 18.4. The van der Waals surface area contributed by atoms with Gasteiger partial charge in [0, 0.05) is 31.5 Å². The van der Waals surface area contributed by atoms with Gasteiger partial charge in [0.15, 0.2) is 0 Å². The van der Waals surface area contributed by atoms with Crippen LogP contribution in [0, 0.1) is 18.7 Å². The number of carbonyl (C=O) groups is 1. The second kappa shape index (κ2) is 7.21. The highest BCUT2D eigenvalue weighted by Gasteiger charge is 2.26. The Kier molecular flexibility index (Phi) is 5.02. The third-order valence-electron chi connectivity index (χ3n) is 4.90. The lowest BCUT2D eigenvalue weighted by molar-refractivity contribution is 0.150. The van der Waals surface area contributed by atoms with Gasteiger partial charge in [-0.3, -0.25) is 4.98 Å². The minimum atomic E-state index is -0.373. The van der Waals surface area contributed by atoms with Crippen LogP contribution in [0.2, 0.25) is 0 Å². The lowest BCUT2D eigenvalue weighted by atomic mass is 9.94. The number of hydrogen-bond donors (Lipinski definition) is 1. The van der Waals surface area contributed by atoms with Crippen molar-refractivity contribution < 1.29 is 10.6 Å². The van der Waals surface area contributed by atoms with Crippen molar-refractivity contribution >= 4 is 11.7 Å². The highest BCUT2D eigenvalue weighted by atomic mass is 19.1. The van der Waals surface area contributed by atoms with Gasteiger partial charge in [-0.2, -0.15) is 0 Å². The van der Waals surface area contributed by atoms with E-state index in [4.69, 9.17) is 0 Å². The molecule has 2 heterocycles. The Morgan fingerprint density at radius 3 is 2.84 bits per heavy atom. The van der Waals surface area contributed by atoms with Crippen LogP contribution in [0.5, 0.6) is 0 Å². The van der Waals surface area contributed by atoms with Gasteiger partial charge in [-0.05, 0) is 61.9 Å². The number of aromatic nitrogens is 1. The first-order valence-corrected chi connectivity index (χ1v) is 8.73. The van der Waals surface area contributed by atoms with Crippen LogP contribution in [-0.4, -0.2) is 28.5 Å². The van der Waals surface area contributed by atoms with E-state index in [2.05, 4.69) is 24.1 Å². The highest BCUT2D eigenvalue weighted by Crippen LogP contribution is 2.28. The Hall–Kier alpha value is -2.43. The number of rotatable bonds is 2. The minimum Gasteiger partial charge on any atom is -0.322 e. The number of benzene rings is 1. The predicted molar refractivity (Wildman–Crippen MR) is 100 cm³/mol. The first-order valence-electron chi connectivity index (χ1n) is 8.73. The molecular formula is C20H26FN3O. The first kappa shape index (κ1) is 17.4. The molecule has 5 heteroatoms. The maximum absolute atomic E-state index is 13.5. The van der Waals surface area contributed by atoms with Gasteiger partial charge in [-0.1, -0.05) is 13.0 Å². The second-order valence-corrected chi connectivity index (χ2v) is 7.02. The van der Waals surface area contributed by atoms with E-state index in [0.29, 0.717) is 17.2 Å². The molecule has 1 aromatic carbocycles. The maximum Gasteiger partial charge on any atom is 0.322 e. The largest absolute Gasteiger partial charge is 0.322 e. The van der Waals surface area contributed by atoms with Crippen molar-refractivity contribution in [2.75, 3.05) is 11.9 Å². The van der Waals surface area contributed by atoms with Crippen molar-refractivity contribution in [3.63, 3.8) is 0 Å². The summed E-state index contributed by atoms with van der Waals surface area (Å²) in [5.74, 6) is 0.285. The standard InChI is InChI=1S/C20H24FN3O.H2/c1-13-6-7-24(15(3)8-13)20(25)23-18-5-4-14(2)19(10-18)16-9-17(21)12-22-11-16;/h4-5,9-13,15H,6-8H2,1-3H3,(H,23,25);1H/t13?,15-;/m1./s1. The Balaban J connectivity index is 0.00000243. The molecule has 0 aliphatic carbocycles. The fourth-order valence-corrected chi connectivity index (χ4v) is 3.47. The Morgan fingerprint density at radius 1 is 1.32 bits per heavy atom. The van der Waals surface area contributed by atoms with Crippen LogP contribution >= 0.6 is 0 Å². The number of nitrogens with one attached hydrogen (secondary N) is 1. The van der Waals surface area contributed by atoms with E-state index in [1.54, 1.807) is 6.20 Å². The summed E-state index contributed by atoms with van der Waals surface area (Å²) in [5.41, 5.74) is 3.28. The number of urea groups is 1. The monoisotopic (exact) mass is 343 g/mol. The number of piperidine rings is 1. The molecule has 2 atom stereocenters. The second-order valence-electron chi connectivity index (χ2n) is 7.02. The molecule has 1 aliphatic rings. The Morgan fingerprint density at radius 2 is 2.12 bits per heavy atom. The zero-order chi connectivity index (χ0) is 18.0. The molecule has 0 spiro atoms. The highest BCUT2D eigenvalue weighted by molar-refractivity contribution is 5.90. The molecule has 4 nitrogen and oxygen atoms in total. The van der Waals surface area contributed by atoms with Crippen molar-refractivity contribution in [2.24, 2.45) is 5.92 Å². The summed E-state index contributed by atoms with van der Waals surface area (Å²) >= 11 is 0. The van der Waals surface area contributed by atoms with Crippen LogP contribution in [-0.2, 0) is 0 Å². The Labute approximate surface area is 149 Å². The lowest BCUT2D eigenvalue weighted by Crippen LogP contribution is -2.46. The summed E-state index contributed by atoms with van der Waals surface area (Å²) < 4.78 is 13.5. The number of anilines is 1. The average molecular weight is 343 g/mol. The summed E-state index contributed by atoms with van der Waals surface area (Å²) in [6.45, 7) is 7.06. The van der Waals surface area contributed by atoms with Gasteiger partial charge in [0.1, 0.15) is 5.82 Å². The maximum atomic E-state index is 13.5. The molecule has 2 amide bonds. The van der Waals surface area contributed by atoms with Gasteiger partial charge in [-0.25, -0.2) is 9.18 Å².